The molecule has 2 unspecified atom stereocenters. The third-order valence-corrected chi connectivity index (χ3v) is 4.89. The number of nitrogens with one attached hydrogen (secondary N) is 2. The summed E-state index contributed by atoms with van der Waals surface area (Å²) < 4.78 is 0. The van der Waals surface area contributed by atoms with Gasteiger partial charge in [0.2, 0.25) is 11.8 Å². The minimum absolute atomic E-state index is 0.162. The Morgan fingerprint density at radius 2 is 1.92 bits per heavy atom. The summed E-state index contributed by atoms with van der Waals surface area (Å²) in [6.07, 6.45) is 3.45. The lowest BCUT2D eigenvalue weighted by Crippen LogP contribution is -2.47. The van der Waals surface area contributed by atoms with Crippen molar-refractivity contribution in [2.75, 3.05) is 18.0 Å². The van der Waals surface area contributed by atoms with Gasteiger partial charge in [-0.1, -0.05) is 26.0 Å². The topological polar surface area (TPSA) is 61.4 Å². The first-order chi connectivity index (χ1) is 11.5. The number of amides is 2. The molecule has 2 fully saturated rings. The number of hydrogen-bond donors (Lipinski definition) is 2. The van der Waals surface area contributed by atoms with Crippen molar-refractivity contribution in [2.45, 2.75) is 57.5 Å². The van der Waals surface area contributed by atoms with Crippen LogP contribution in [0.3, 0.4) is 0 Å². The fourth-order valence-electron chi connectivity index (χ4n) is 3.75. The Hall–Kier alpha value is -1.88. The van der Waals surface area contributed by atoms with E-state index in [1.807, 2.05) is 12.1 Å². The molecule has 0 bridgehead atoms. The maximum Gasteiger partial charge on any atom is 0.234 e. The molecule has 2 N–H and O–H groups in total. The van der Waals surface area contributed by atoms with E-state index in [1.54, 1.807) is 0 Å². The molecule has 2 amide bonds. The highest BCUT2D eigenvalue weighted by atomic mass is 16.2. The van der Waals surface area contributed by atoms with Gasteiger partial charge in [-0.15, -0.1) is 0 Å². The van der Waals surface area contributed by atoms with Gasteiger partial charge in [-0.2, -0.15) is 0 Å². The number of anilines is 1. The van der Waals surface area contributed by atoms with Crippen LogP contribution >= 0.6 is 0 Å². The fourth-order valence-corrected chi connectivity index (χ4v) is 3.75. The van der Waals surface area contributed by atoms with E-state index in [0.29, 0.717) is 24.9 Å². The molecule has 24 heavy (non-hydrogen) atoms. The van der Waals surface area contributed by atoms with Gasteiger partial charge in [0, 0.05) is 37.3 Å². The minimum Gasteiger partial charge on any atom is -0.370 e. The van der Waals surface area contributed by atoms with Crippen molar-refractivity contribution in [1.82, 2.24) is 10.6 Å². The Morgan fingerprint density at radius 3 is 2.58 bits per heavy atom. The Kier molecular flexibility index (Phi) is 5.19. The second kappa shape index (κ2) is 7.34. The van der Waals surface area contributed by atoms with Gasteiger partial charge in [0.1, 0.15) is 0 Å². The zero-order valence-corrected chi connectivity index (χ0v) is 14.5. The number of benzene rings is 1. The lowest BCUT2D eigenvalue weighted by atomic mass is 9.90. The van der Waals surface area contributed by atoms with Crippen molar-refractivity contribution in [2.24, 2.45) is 0 Å². The van der Waals surface area contributed by atoms with Crippen LogP contribution in [0, 0.1) is 0 Å². The Balaban J connectivity index is 1.66. The lowest BCUT2D eigenvalue weighted by molar-refractivity contribution is -0.134. The quantitative estimate of drug-likeness (QED) is 0.831. The van der Waals surface area contributed by atoms with Crippen LogP contribution in [0.5, 0.6) is 0 Å². The van der Waals surface area contributed by atoms with Gasteiger partial charge in [0.05, 0.1) is 5.92 Å². The average molecular weight is 329 g/mol. The van der Waals surface area contributed by atoms with Crippen molar-refractivity contribution < 1.29 is 9.59 Å². The summed E-state index contributed by atoms with van der Waals surface area (Å²) in [4.78, 5) is 25.7. The van der Waals surface area contributed by atoms with Crippen LogP contribution in [0.1, 0.15) is 51.0 Å². The zero-order valence-electron chi connectivity index (χ0n) is 14.5. The third kappa shape index (κ3) is 3.96. The highest BCUT2D eigenvalue weighted by molar-refractivity contribution is 6.00. The normalized spacial score (nSPS) is 25.0. The molecule has 2 aliphatic heterocycles. The van der Waals surface area contributed by atoms with Crippen molar-refractivity contribution >= 4 is 17.5 Å². The van der Waals surface area contributed by atoms with Crippen molar-refractivity contribution in [3.8, 4) is 0 Å². The van der Waals surface area contributed by atoms with Gasteiger partial charge < -0.3 is 10.2 Å². The monoisotopic (exact) mass is 329 g/mol. The van der Waals surface area contributed by atoms with Crippen LogP contribution < -0.4 is 15.5 Å². The summed E-state index contributed by atoms with van der Waals surface area (Å²) in [6.45, 7) is 6.48. The Labute approximate surface area is 143 Å². The van der Waals surface area contributed by atoms with Crippen LogP contribution in [0.4, 0.5) is 5.69 Å². The lowest BCUT2D eigenvalue weighted by Gasteiger charge is -2.36. The maximum absolute atomic E-state index is 12.0. The molecule has 130 valence electrons. The van der Waals surface area contributed by atoms with Crippen LogP contribution in [0.15, 0.2) is 24.3 Å². The number of carbonyl (C=O) groups excluding carboxylic acids is 2. The largest absolute Gasteiger partial charge is 0.370 e. The summed E-state index contributed by atoms with van der Waals surface area (Å²) in [6, 6.07) is 9.33. The SMILES string of the molecule is CC(C)NC1CCCN(c2ccc(C3CCC(=O)NC3=O)cc2)C1. The molecule has 0 radical (unpaired) electrons. The van der Waals surface area contributed by atoms with E-state index in [0.717, 1.165) is 18.7 Å². The summed E-state index contributed by atoms with van der Waals surface area (Å²) in [5, 5.41) is 6.06. The molecule has 0 spiro atoms. The summed E-state index contributed by atoms with van der Waals surface area (Å²) >= 11 is 0. The summed E-state index contributed by atoms with van der Waals surface area (Å²) in [5.41, 5.74) is 2.21. The van der Waals surface area contributed by atoms with Gasteiger partial charge in [0.25, 0.3) is 0 Å². The second-order valence-electron chi connectivity index (χ2n) is 7.20. The summed E-state index contributed by atoms with van der Waals surface area (Å²) in [5.74, 6) is -0.531. The summed E-state index contributed by atoms with van der Waals surface area (Å²) in [7, 11) is 0. The van der Waals surface area contributed by atoms with Crippen LogP contribution in [-0.4, -0.2) is 37.0 Å². The van der Waals surface area contributed by atoms with E-state index < -0.39 is 0 Å². The van der Waals surface area contributed by atoms with Crippen LogP contribution in [-0.2, 0) is 9.59 Å². The number of nitrogens with zero attached hydrogens (tertiary/aromatic N) is 1. The molecular formula is C19H27N3O2. The van der Waals surface area contributed by atoms with E-state index in [1.165, 1.54) is 18.5 Å². The van der Waals surface area contributed by atoms with Crippen LogP contribution in [0.2, 0.25) is 0 Å². The molecule has 1 aromatic rings. The van der Waals surface area contributed by atoms with Gasteiger partial charge in [-0.05, 0) is 37.0 Å². The number of piperidine rings is 2. The molecule has 0 saturated carbocycles. The number of imide groups is 1. The van der Waals surface area contributed by atoms with E-state index in [2.05, 4.69) is 41.5 Å². The van der Waals surface area contributed by atoms with Gasteiger partial charge in [-0.25, -0.2) is 0 Å². The Morgan fingerprint density at radius 1 is 1.17 bits per heavy atom. The van der Waals surface area contributed by atoms with Gasteiger partial charge in [0.15, 0.2) is 0 Å². The zero-order chi connectivity index (χ0) is 17.1. The van der Waals surface area contributed by atoms with E-state index in [9.17, 15) is 9.59 Å². The van der Waals surface area contributed by atoms with E-state index >= 15 is 0 Å². The molecule has 0 aliphatic carbocycles. The average Bonchev–Trinajstić information content (AvgIpc) is 2.55. The highest BCUT2D eigenvalue weighted by Crippen LogP contribution is 2.27. The first-order valence-corrected chi connectivity index (χ1v) is 8.97. The molecule has 0 aromatic heterocycles. The molecule has 3 rings (SSSR count). The smallest absolute Gasteiger partial charge is 0.234 e. The van der Waals surface area contributed by atoms with Crippen molar-refractivity contribution in [3.63, 3.8) is 0 Å². The highest BCUT2D eigenvalue weighted by Gasteiger charge is 2.28. The number of carbonyl (C=O) groups is 2. The van der Waals surface area contributed by atoms with Gasteiger partial charge >= 0.3 is 0 Å². The molecule has 2 atom stereocenters. The van der Waals surface area contributed by atoms with E-state index in [4.69, 9.17) is 0 Å². The molecule has 5 nitrogen and oxygen atoms in total. The molecule has 2 aliphatic rings. The molecule has 1 aromatic carbocycles. The second-order valence-corrected chi connectivity index (χ2v) is 7.20. The van der Waals surface area contributed by atoms with Gasteiger partial charge in [-0.3, -0.25) is 14.9 Å². The standard InChI is InChI=1S/C19H27N3O2/c1-13(2)20-15-4-3-11-22(12-15)16-7-5-14(6-8-16)17-9-10-18(23)21-19(17)24/h5-8,13,15,17,20H,3-4,9-12H2,1-2H3,(H,21,23,24). The third-order valence-electron chi connectivity index (χ3n) is 4.89. The predicted octanol–water partition coefficient (Wildman–Crippen LogP) is 2.17. The van der Waals surface area contributed by atoms with Crippen LogP contribution in [0.25, 0.3) is 0 Å². The number of rotatable bonds is 4. The molecular weight excluding hydrogens is 302 g/mol. The maximum atomic E-state index is 12.0. The first kappa shape index (κ1) is 17.0. The number of hydrogen-bond acceptors (Lipinski definition) is 4. The Bertz CT molecular complexity index is 597. The fraction of sp³-hybridized carbons (Fsp3) is 0.579. The van der Waals surface area contributed by atoms with Crippen molar-refractivity contribution in [1.29, 1.82) is 0 Å². The first-order valence-electron chi connectivity index (χ1n) is 8.97. The molecule has 5 heteroatoms. The van der Waals surface area contributed by atoms with E-state index in [-0.39, 0.29) is 17.7 Å². The minimum atomic E-state index is -0.200. The predicted molar refractivity (Wildman–Crippen MR) is 95.1 cm³/mol. The molecule has 2 saturated heterocycles. The molecule has 2 heterocycles. The van der Waals surface area contributed by atoms with Crippen molar-refractivity contribution in [3.05, 3.63) is 29.8 Å².